The predicted octanol–water partition coefficient (Wildman–Crippen LogP) is 4.90. The second-order valence-corrected chi connectivity index (χ2v) is 6.04. The minimum absolute atomic E-state index is 0.0682. The second kappa shape index (κ2) is 5.85. The molecule has 1 amide bonds. The molecule has 1 heterocycles. The van der Waals surface area contributed by atoms with E-state index in [2.05, 4.69) is 30.4 Å². The van der Waals surface area contributed by atoms with E-state index in [0.717, 1.165) is 28.2 Å². The van der Waals surface area contributed by atoms with Crippen molar-refractivity contribution < 1.29 is 4.79 Å². The third kappa shape index (κ3) is 2.54. The van der Waals surface area contributed by atoms with E-state index < -0.39 is 0 Å². The van der Waals surface area contributed by atoms with E-state index >= 15 is 0 Å². The Hall–Kier alpha value is -3.07. The highest BCUT2D eigenvalue weighted by Crippen LogP contribution is 2.31. The SMILES string of the molecule is Cc1ccccc1Nc1ccc2c(c1)CN(c1ccccc1)C2=O. The van der Waals surface area contributed by atoms with Crippen LogP contribution in [0.1, 0.15) is 21.5 Å². The molecule has 0 spiro atoms. The summed E-state index contributed by atoms with van der Waals surface area (Å²) in [5, 5.41) is 3.44. The van der Waals surface area contributed by atoms with Crippen molar-refractivity contribution >= 4 is 23.0 Å². The first-order valence-electron chi connectivity index (χ1n) is 8.05. The Kier molecular flexibility index (Phi) is 3.54. The van der Waals surface area contributed by atoms with Crippen LogP contribution < -0.4 is 10.2 Å². The summed E-state index contributed by atoms with van der Waals surface area (Å²) in [7, 11) is 0. The van der Waals surface area contributed by atoms with Gasteiger partial charge < -0.3 is 10.2 Å². The first kappa shape index (κ1) is 14.5. The van der Waals surface area contributed by atoms with Gasteiger partial charge in [-0.05, 0) is 54.4 Å². The molecule has 3 aromatic rings. The third-order valence-electron chi connectivity index (χ3n) is 4.40. The molecule has 24 heavy (non-hydrogen) atoms. The van der Waals surface area contributed by atoms with Crippen molar-refractivity contribution in [3.05, 3.63) is 89.5 Å². The fourth-order valence-electron chi connectivity index (χ4n) is 3.08. The van der Waals surface area contributed by atoms with Crippen LogP contribution in [0.15, 0.2) is 72.8 Å². The number of rotatable bonds is 3. The van der Waals surface area contributed by atoms with E-state index in [0.29, 0.717) is 6.54 Å². The molecule has 1 aliphatic heterocycles. The van der Waals surface area contributed by atoms with Gasteiger partial charge in [-0.25, -0.2) is 0 Å². The first-order chi connectivity index (χ1) is 11.7. The van der Waals surface area contributed by atoms with Gasteiger partial charge in [0, 0.05) is 22.6 Å². The highest BCUT2D eigenvalue weighted by Gasteiger charge is 2.28. The summed E-state index contributed by atoms with van der Waals surface area (Å²) in [6.07, 6.45) is 0. The lowest BCUT2D eigenvalue weighted by molar-refractivity contribution is 0.0996. The molecule has 0 unspecified atom stereocenters. The van der Waals surface area contributed by atoms with Crippen LogP contribution >= 0.6 is 0 Å². The number of anilines is 3. The zero-order valence-corrected chi connectivity index (χ0v) is 13.5. The summed E-state index contributed by atoms with van der Waals surface area (Å²) in [5.74, 6) is 0.0682. The van der Waals surface area contributed by atoms with Crippen LogP contribution in [0.25, 0.3) is 0 Å². The molecule has 3 heteroatoms. The Labute approximate surface area is 141 Å². The van der Waals surface area contributed by atoms with E-state index in [1.54, 1.807) is 0 Å². The number of amides is 1. The van der Waals surface area contributed by atoms with Gasteiger partial charge in [0.05, 0.1) is 6.54 Å². The molecule has 0 bridgehead atoms. The molecule has 0 radical (unpaired) electrons. The number of aryl methyl sites for hydroxylation is 1. The van der Waals surface area contributed by atoms with Crippen molar-refractivity contribution in [3.8, 4) is 0 Å². The zero-order chi connectivity index (χ0) is 16.5. The zero-order valence-electron chi connectivity index (χ0n) is 13.5. The van der Waals surface area contributed by atoms with Gasteiger partial charge in [0.1, 0.15) is 0 Å². The molecule has 0 atom stereocenters. The van der Waals surface area contributed by atoms with Crippen LogP contribution in [0, 0.1) is 6.92 Å². The van der Waals surface area contributed by atoms with E-state index in [9.17, 15) is 4.79 Å². The van der Waals surface area contributed by atoms with Gasteiger partial charge in [-0.3, -0.25) is 4.79 Å². The molecule has 3 nitrogen and oxygen atoms in total. The Bertz CT molecular complexity index is 903. The fourth-order valence-corrected chi connectivity index (χ4v) is 3.08. The van der Waals surface area contributed by atoms with Gasteiger partial charge in [-0.2, -0.15) is 0 Å². The smallest absolute Gasteiger partial charge is 0.258 e. The van der Waals surface area contributed by atoms with Gasteiger partial charge in [-0.15, -0.1) is 0 Å². The molecule has 0 fully saturated rings. The topological polar surface area (TPSA) is 32.3 Å². The molecule has 0 aliphatic carbocycles. The van der Waals surface area contributed by atoms with E-state index in [4.69, 9.17) is 0 Å². The predicted molar refractivity (Wildman–Crippen MR) is 97.9 cm³/mol. The lowest BCUT2D eigenvalue weighted by atomic mass is 10.1. The van der Waals surface area contributed by atoms with E-state index in [-0.39, 0.29) is 5.91 Å². The summed E-state index contributed by atoms with van der Waals surface area (Å²) >= 11 is 0. The molecule has 4 rings (SSSR count). The maximum Gasteiger partial charge on any atom is 0.258 e. The van der Waals surface area contributed by atoms with Crippen LogP contribution in [0.2, 0.25) is 0 Å². The average molecular weight is 314 g/mol. The second-order valence-electron chi connectivity index (χ2n) is 6.04. The van der Waals surface area contributed by atoms with Crippen LogP contribution in [0.4, 0.5) is 17.1 Å². The van der Waals surface area contributed by atoms with Crippen LogP contribution in [0.3, 0.4) is 0 Å². The lowest BCUT2D eigenvalue weighted by Crippen LogP contribution is -2.22. The maximum absolute atomic E-state index is 12.6. The lowest BCUT2D eigenvalue weighted by Gasteiger charge is -2.15. The molecule has 0 aromatic heterocycles. The minimum atomic E-state index is 0.0682. The number of carbonyl (C=O) groups excluding carboxylic acids is 1. The summed E-state index contributed by atoms with van der Waals surface area (Å²) < 4.78 is 0. The van der Waals surface area contributed by atoms with Crippen molar-refractivity contribution in [2.45, 2.75) is 13.5 Å². The van der Waals surface area contributed by atoms with Crippen molar-refractivity contribution in [2.75, 3.05) is 10.2 Å². The number of nitrogens with one attached hydrogen (secondary N) is 1. The third-order valence-corrected chi connectivity index (χ3v) is 4.40. The van der Waals surface area contributed by atoms with Crippen LogP contribution in [0.5, 0.6) is 0 Å². The van der Waals surface area contributed by atoms with Gasteiger partial charge in [-0.1, -0.05) is 36.4 Å². The summed E-state index contributed by atoms with van der Waals surface area (Å²) in [6.45, 7) is 2.69. The number of benzene rings is 3. The van der Waals surface area contributed by atoms with Gasteiger partial charge in [0.15, 0.2) is 0 Å². The monoisotopic (exact) mass is 314 g/mol. The summed E-state index contributed by atoms with van der Waals surface area (Å²) in [6, 6.07) is 24.0. The van der Waals surface area contributed by atoms with Gasteiger partial charge in [0.25, 0.3) is 5.91 Å². The number of para-hydroxylation sites is 2. The number of nitrogens with zero attached hydrogens (tertiary/aromatic N) is 1. The van der Waals surface area contributed by atoms with Crippen molar-refractivity contribution in [1.29, 1.82) is 0 Å². The van der Waals surface area contributed by atoms with Crippen molar-refractivity contribution in [2.24, 2.45) is 0 Å². The number of hydrogen-bond donors (Lipinski definition) is 1. The summed E-state index contributed by atoms with van der Waals surface area (Å²) in [4.78, 5) is 14.4. The maximum atomic E-state index is 12.6. The highest BCUT2D eigenvalue weighted by atomic mass is 16.2. The summed E-state index contributed by atoms with van der Waals surface area (Å²) in [5.41, 5.74) is 6.07. The largest absolute Gasteiger partial charge is 0.355 e. The Morgan fingerprint density at radius 1 is 0.917 bits per heavy atom. The molecular weight excluding hydrogens is 296 g/mol. The van der Waals surface area contributed by atoms with Gasteiger partial charge in [0.2, 0.25) is 0 Å². The van der Waals surface area contributed by atoms with Gasteiger partial charge >= 0.3 is 0 Å². The molecular formula is C21H18N2O. The quantitative estimate of drug-likeness (QED) is 0.746. The molecule has 1 N–H and O–H groups in total. The Morgan fingerprint density at radius 2 is 1.67 bits per heavy atom. The molecule has 1 aliphatic rings. The number of hydrogen-bond acceptors (Lipinski definition) is 2. The Balaban J connectivity index is 1.62. The normalized spacial score (nSPS) is 13.0. The molecule has 3 aromatic carbocycles. The number of fused-ring (bicyclic) bond motifs is 1. The minimum Gasteiger partial charge on any atom is -0.355 e. The van der Waals surface area contributed by atoms with Crippen LogP contribution in [-0.2, 0) is 6.54 Å². The van der Waals surface area contributed by atoms with Crippen molar-refractivity contribution in [3.63, 3.8) is 0 Å². The van der Waals surface area contributed by atoms with Crippen molar-refractivity contribution in [1.82, 2.24) is 0 Å². The molecule has 0 saturated heterocycles. The highest BCUT2D eigenvalue weighted by molar-refractivity contribution is 6.10. The molecule has 0 saturated carbocycles. The van der Waals surface area contributed by atoms with E-state index in [1.807, 2.05) is 59.5 Å². The van der Waals surface area contributed by atoms with Crippen LogP contribution in [-0.4, -0.2) is 5.91 Å². The number of carbonyl (C=O) groups is 1. The Morgan fingerprint density at radius 3 is 2.46 bits per heavy atom. The molecule has 118 valence electrons. The first-order valence-corrected chi connectivity index (χ1v) is 8.05. The standard InChI is InChI=1S/C21H18N2O/c1-15-7-5-6-10-20(15)22-17-11-12-19-16(13-17)14-23(21(19)24)18-8-3-2-4-9-18/h2-13,22H,14H2,1H3. The van der Waals surface area contributed by atoms with E-state index in [1.165, 1.54) is 5.56 Å². The fraction of sp³-hybridized carbons (Fsp3) is 0.0952. The average Bonchev–Trinajstić information content (AvgIpc) is 2.94.